The third-order valence-electron chi connectivity index (χ3n) is 2.91. The highest BCUT2D eigenvalue weighted by Gasteiger charge is 2.35. The minimum Gasteiger partial charge on any atom is -0.308 e. The average molecular weight is 284 g/mol. The molecule has 1 aromatic carbocycles. The number of hydrogen-bond donors (Lipinski definition) is 1. The average Bonchev–Trinajstić information content (AvgIpc) is 2.41. The quantitative estimate of drug-likeness (QED) is 0.872. The van der Waals surface area contributed by atoms with Crippen molar-refractivity contribution < 1.29 is 17.6 Å². The van der Waals surface area contributed by atoms with E-state index in [-0.39, 0.29) is 5.56 Å². The van der Waals surface area contributed by atoms with Crippen molar-refractivity contribution in [3.05, 3.63) is 65.2 Å². The molecular weight excluding hydrogens is 272 g/mol. The largest absolute Gasteiger partial charge is 0.416 e. The third kappa shape index (κ3) is 2.96. The lowest BCUT2D eigenvalue weighted by molar-refractivity contribution is -0.138. The van der Waals surface area contributed by atoms with Crippen LogP contribution < -0.4 is 5.32 Å². The van der Waals surface area contributed by atoms with Gasteiger partial charge < -0.3 is 5.32 Å². The van der Waals surface area contributed by atoms with Crippen molar-refractivity contribution in [3.63, 3.8) is 0 Å². The molecule has 0 spiro atoms. The third-order valence-corrected chi connectivity index (χ3v) is 2.91. The topological polar surface area (TPSA) is 24.9 Å². The maximum absolute atomic E-state index is 13.0. The predicted octanol–water partition coefficient (Wildman–Crippen LogP) is 3.55. The Balaban J connectivity index is 2.50. The van der Waals surface area contributed by atoms with Crippen LogP contribution in [0.3, 0.4) is 0 Å². The van der Waals surface area contributed by atoms with E-state index in [1.165, 1.54) is 37.4 Å². The lowest BCUT2D eigenvalue weighted by Crippen LogP contribution is -2.22. The van der Waals surface area contributed by atoms with Crippen LogP contribution in [0.2, 0.25) is 0 Å². The number of benzene rings is 1. The zero-order valence-corrected chi connectivity index (χ0v) is 10.6. The maximum Gasteiger partial charge on any atom is 0.416 e. The van der Waals surface area contributed by atoms with Crippen LogP contribution in [0.4, 0.5) is 17.6 Å². The van der Waals surface area contributed by atoms with Crippen LogP contribution in [0.5, 0.6) is 0 Å². The van der Waals surface area contributed by atoms with Gasteiger partial charge in [-0.15, -0.1) is 0 Å². The highest BCUT2D eigenvalue weighted by molar-refractivity contribution is 5.36. The standard InChI is InChI=1S/C14H12F4N2/c1-19-13(12-7-6-9(15)8-20-12)10-4-2-3-5-11(10)14(16,17)18/h2-8,13,19H,1H3. The van der Waals surface area contributed by atoms with Crippen molar-refractivity contribution in [2.45, 2.75) is 12.2 Å². The van der Waals surface area contributed by atoms with Gasteiger partial charge in [0.05, 0.1) is 23.5 Å². The molecule has 20 heavy (non-hydrogen) atoms. The number of nitrogens with zero attached hydrogens (tertiary/aromatic N) is 1. The van der Waals surface area contributed by atoms with E-state index in [0.29, 0.717) is 5.69 Å². The van der Waals surface area contributed by atoms with Gasteiger partial charge in [-0.2, -0.15) is 13.2 Å². The Morgan fingerprint density at radius 1 is 1.10 bits per heavy atom. The van der Waals surface area contributed by atoms with Crippen molar-refractivity contribution in [2.24, 2.45) is 0 Å². The fourth-order valence-corrected chi connectivity index (χ4v) is 2.03. The lowest BCUT2D eigenvalue weighted by Gasteiger charge is -2.20. The summed E-state index contributed by atoms with van der Waals surface area (Å²) in [5, 5.41) is 2.78. The summed E-state index contributed by atoms with van der Waals surface area (Å²) in [5.74, 6) is -0.535. The number of pyridine rings is 1. The van der Waals surface area contributed by atoms with Crippen molar-refractivity contribution in [1.82, 2.24) is 10.3 Å². The fourth-order valence-electron chi connectivity index (χ4n) is 2.03. The second-order valence-corrected chi connectivity index (χ2v) is 4.21. The van der Waals surface area contributed by atoms with Crippen LogP contribution in [0.1, 0.15) is 22.9 Å². The number of hydrogen-bond acceptors (Lipinski definition) is 2. The Labute approximate surface area is 113 Å². The molecule has 0 fully saturated rings. The molecule has 0 saturated heterocycles. The minimum absolute atomic E-state index is 0.0570. The van der Waals surface area contributed by atoms with Crippen LogP contribution >= 0.6 is 0 Å². The monoisotopic (exact) mass is 284 g/mol. The van der Waals surface area contributed by atoms with E-state index in [1.807, 2.05) is 0 Å². The molecule has 2 nitrogen and oxygen atoms in total. The molecule has 106 valence electrons. The van der Waals surface area contributed by atoms with Crippen LogP contribution in [-0.2, 0) is 6.18 Å². The second kappa shape index (κ2) is 5.58. The first kappa shape index (κ1) is 14.5. The summed E-state index contributed by atoms with van der Waals surface area (Å²) in [6.45, 7) is 0. The van der Waals surface area contributed by atoms with Crippen LogP contribution in [0.25, 0.3) is 0 Å². The zero-order valence-electron chi connectivity index (χ0n) is 10.6. The summed E-state index contributed by atoms with van der Waals surface area (Å²) in [4.78, 5) is 3.84. The fraction of sp³-hybridized carbons (Fsp3) is 0.214. The first-order chi connectivity index (χ1) is 9.43. The molecule has 0 radical (unpaired) electrons. The number of aromatic nitrogens is 1. The molecule has 0 aliphatic heterocycles. The highest BCUT2D eigenvalue weighted by atomic mass is 19.4. The van der Waals surface area contributed by atoms with E-state index in [9.17, 15) is 17.6 Å². The molecule has 6 heteroatoms. The summed E-state index contributed by atoms with van der Waals surface area (Å²) in [5.41, 5.74) is -0.349. The van der Waals surface area contributed by atoms with Crippen molar-refractivity contribution in [2.75, 3.05) is 7.05 Å². The van der Waals surface area contributed by atoms with E-state index in [2.05, 4.69) is 10.3 Å². The van der Waals surface area contributed by atoms with Gasteiger partial charge in [-0.05, 0) is 30.8 Å². The Hall–Kier alpha value is -1.95. The molecule has 2 rings (SSSR count). The summed E-state index contributed by atoms with van der Waals surface area (Å²) >= 11 is 0. The predicted molar refractivity (Wildman–Crippen MR) is 66.5 cm³/mol. The zero-order chi connectivity index (χ0) is 14.8. The van der Waals surface area contributed by atoms with Crippen molar-refractivity contribution in [1.29, 1.82) is 0 Å². The molecule has 1 aromatic heterocycles. The van der Waals surface area contributed by atoms with E-state index in [1.54, 1.807) is 0 Å². The summed E-state index contributed by atoms with van der Waals surface area (Å²) in [7, 11) is 1.53. The summed E-state index contributed by atoms with van der Waals surface area (Å²) < 4.78 is 51.9. The van der Waals surface area contributed by atoms with Gasteiger partial charge in [-0.25, -0.2) is 4.39 Å². The Morgan fingerprint density at radius 2 is 1.80 bits per heavy atom. The molecule has 1 heterocycles. The molecular formula is C14H12F4N2. The van der Waals surface area contributed by atoms with Gasteiger partial charge in [0.2, 0.25) is 0 Å². The Bertz CT molecular complexity index is 578. The first-order valence-electron chi connectivity index (χ1n) is 5.88. The van der Waals surface area contributed by atoms with Gasteiger partial charge in [-0.3, -0.25) is 4.98 Å². The van der Waals surface area contributed by atoms with Crippen molar-refractivity contribution in [3.8, 4) is 0 Å². The second-order valence-electron chi connectivity index (χ2n) is 4.21. The van der Waals surface area contributed by atoms with Crippen molar-refractivity contribution >= 4 is 0 Å². The van der Waals surface area contributed by atoms with E-state index in [0.717, 1.165) is 12.3 Å². The number of alkyl halides is 3. The van der Waals surface area contributed by atoms with Gasteiger partial charge in [-0.1, -0.05) is 18.2 Å². The van der Waals surface area contributed by atoms with Gasteiger partial charge in [0.25, 0.3) is 0 Å². The Morgan fingerprint density at radius 3 is 2.35 bits per heavy atom. The van der Waals surface area contributed by atoms with Crippen LogP contribution in [0, 0.1) is 5.82 Å². The summed E-state index contributed by atoms with van der Waals surface area (Å²) in [6.07, 6.45) is -3.47. The molecule has 1 N–H and O–H groups in total. The first-order valence-corrected chi connectivity index (χ1v) is 5.88. The maximum atomic E-state index is 13.0. The molecule has 2 aromatic rings. The van der Waals surface area contributed by atoms with Gasteiger partial charge in [0.15, 0.2) is 0 Å². The van der Waals surface area contributed by atoms with Gasteiger partial charge in [0.1, 0.15) is 5.82 Å². The van der Waals surface area contributed by atoms with Crippen LogP contribution in [0.15, 0.2) is 42.6 Å². The van der Waals surface area contributed by atoms with E-state index >= 15 is 0 Å². The van der Waals surface area contributed by atoms with E-state index in [4.69, 9.17) is 0 Å². The molecule has 1 atom stereocenters. The number of halogens is 4. The molecule has 0 aliphatic carbocycles. The Kier molecular flexibility index (Phi) is 4.04. The number of nitrogens with one attached hydrogen (secondary N) is 1. The number of rotatable bonds is 3. The molecule has 1 unspecified atom stereocenters. The smallest absolute Gasteiger partial charge is 0.308 e. The lowest BCUT2D eigenvalue weighted by atomic mass is 9.97. The minimum atomic E-state index is -4.45. The molecule has 0 bridgehead atoms. The van der Waals surface area contributed by atoms with Gasteiger partial charge >= 0.3 is 6.18 Å². The normalized spacial score (nSPS) is 13.2. The SMILES string of the molecule is CNC(c1ccc(F)cn1)c1ccccc1C(F)(F)F. The van der Waals surface area contributed by atoms with E-state index < -0.39 is 23.6 Å². The molecule has 0 aliphatic rings. The van der Waals surface area contributed by atoms with Gasteiger partial charge in [0, 0.05) is 0 Å². The molecule has 0 saturated carbocycles. The molecule has 0 amide bonds. The van der Waals surface area contributed by atoms with Crippen LogP contribution in [-0.4, -0.2) is 12.0 Å². The summed E-state index contributed by atoms with van der Waals surface area (Å²) in [6, 6.07) is 7.04. The highest BCUT2D eigenvalue weighted by Crippen LogP contribution is 2.35.